The number of sulfonamides is 1. The smallest absolute Gasteiger partial charge is 0.264 e. The van der Waals surface area contributed by atoms with Crippen molar-refractivity contribution in [3.63, 3.8) is 0 Å². The van der Waals surface area contributed by atoms with Gasteiger partial charge in [-0.2, -0.15) is 5.26 Å². The lowest BCUT2D eigenvalue weighted by atomic mass is 9.88. The summed E-state index contributed by atoms with van der Waals surface area (Å²) in [6.45, 7) is 0. The second-order valence-corrected chi connectivity index (χ2v) is 8.32. The van der Waals surface area contributed by atoms with E-state index in [9.17, 15) is 13.7 Å². The zero-order valence-corrected chi connectivity index (χ0v) is 16.0. The Morgan fingerprint density at radius 3 is 2.50 bits per heavy atom. The minimum absolute atomic E-state index is 0.00427. The Morgan fingerprint density at radius 2 is 1.86 bits per heavy atom. The van der Waals surface area contributed by atoms with Gasteiger partial charge in [0.2, 0.25) is 5.88 Å². The number of para-hydroxylation sites is 1. The summed E-state index contributed by atoms with van der Waals surface area (Å²) in [7, 11) is -0.915. The van der Waals surface area contributed by atoms with Crippen LogP contribution in [0.1, 0.15) is 17.0 Å². The molecule has 0 unspecified atom stereocenters. The van der Waals surface area contributed by atoms with Crippen molar-refractivity contribution in [3.8, 4) is 11.8 Å². The molecule has 0 saturated heterocycles. The van der Waals surface area contributed by atoms with Crippen molar-refractivity contribution >= 4 is 21.5 Å². The molecule has 2 aromatic carbocycles. The summed E-state index contributed by atoms with van der Waals surface area (Å²) in [6.07, 6.45) is 0. The topological polar surface area (TPSA) is 106 Å². The molecule has 0 bridgehead atoms. The third-order valence-electron chi connectivity index (χ3n) is 4.95. The maximum absolute atomic E-state index is 13.4. The summed E-state index contributed by atoms with van der Waals surface area (Å²) < 4.78 is 38.8. The Balaban J connectivity index is 2.03. The highest BCUT2D eigenvalue weighted by molar-refractivity contribution is 7.96. The van der Waals surface area contributed by atoms with Gasteiger partial charge in [-0.05, 0) is 29.8 Å². The monoisotopic (exact) mass is 395 g/mol. The van der Waals surface area contributed by atoms with E-state index < -0.39 is 15.9 Å². The SMILES string of the molecule is COc1ccc([C@@H]2C(C#N)=C(N)OC3=C2S(=O)(=O)N(C)c2ccccc23)cc1. The molecule has 0 saturated carbocycles. The average molecular weight is 395 g/mol. The van der Waals surface area contributed by atoms with Crippen molar-refractivity contribution in [1.82, 2.24) is 0 Å². The van der Waals surface area contributed by atoms with E-state index in [0.29, 0.717) is 22.6 Å². The van der Waals surface area contributed by atoms with Gasteiger partial charge < -0.3 is 15.2 Å². The van der Waals surface area contributed by atoms with Crippen LogP contribution < -0.4 is 14.8 Å². The third-order valence-corrected chi connectivity index (χ3v) is 6.84. The molecule has 7 nitrogen and oxygen atoms in total. The largest absolute Gasteiger partial charge is 0.497 e. The lowest BCUT2D eigenvalue weighted by Crippen LogP contribution is -2.37. The normalized spacial score (nSPS) is 20.0. The summed E-state index contributed by atoms with van der Waals surface area (Å²) >= 11 is 0. The number of nitriles is 1. The highest BCUT2D eigenvalue weighted by Gasteiger charge is 2.46. The molecule has 2 heterocycles. The molecular weight excluding hydrogens is 378 g/mol. The van der Waals surface area contributed by atoms with E-state index in [-0.39, 0.29) is 22.1 Å². The van der Waals surface area contributed by atoms with E-state index in [1.54, 1.807) is 55.6 Å². The van der Waals surface area contributed by atoms with Crippen LogP contribution in [-0.2, 0) is 14.8 Å². The fourth-order valence-electron chi connectivity index (χ4n) is 3.52. The van der Waals surface area contributed by atoms with Crippen molar-refractivity contribution in [1.29, 1.82) is 5.26 Å². The van der Waals surface area contributed by atoms with Crippen molar-refractivity contribution in [2.24, 2.45) is 5.73 Å². The second-order valence-electron chi connectivity index (χ2n) is 6.38. The van der Waals surface area contributed by atoms with Crippen LogP contribution in [0, 0.1) is 11.3 Å². The van der Waals surface area contributed by atoms with Gasteiger partial charge in [0.05, 0.1) is 18.7 Å². The molecular formula is C20H17N3O4S. The minimum Gasteiger partial charge on any atom is -0.497 e. The van der Waals surface area contributed by atoms with Crippen LogP contribution in [0.15, 0.2) is 64.9 Å². The molecule has 8 heteroatoms. The van der Waals surface area contributed by atoms with Gasteiger partial charge in [0.15, 0.2) is 5.76 Å². The molecule has 0 amide bonds. The quantitative estimate of drug-likeness (QED) is 0.838. The van der Waals surface area contributed by atoms with E-state index >= 15 is 0 Å². The maximum Gasteiger partial charge on any atom is 0.264 e. The van der Waals surface area contributed by atoms with Crippen LogP contribution in [0.25, 0.3) is 5.76 Å². The Hall–Kier alpha value is -3.44. The third kappa shape index (κ3) is 2.44. The van der Waals surface area contributed by atoms with Crippen molar-refractivity contribution in [2.45, 2.75) is 5.92 Å². The predicted octanol–water partition coefficient (Wildman–Crippen LogP) is 2.65. The van der Waals surface area contributed by atoms with E-state index in [0.717, 1.165) is 0 Å². The molecule has 4 rings (SSSR count). The summed E-state index contributed by atoms with van der Waals surface area (Å²) in [5, 5.41) is 9.69. The molecule has 0 aromatic heterocycles. The van der Waals surface area contributed by atoms with E-state index in [2.05, 4.69) is 0 Å². The average Bonchev–Trinajstić information content (AvgIpc) is 2.71. The van der Waals surface area contributed by atoms with E-state index in [1.807, 2.05) is 6.07 Å². The summed E-state index contributed by atoms with van der Waals surface area (Å²) in [5.74, 6) is -0.197. The standard InChI is InChI=1S/C20H17N3O4S/c1-23-16-6-4-3-5-14(16)18-19(28(23,24)25)17(15(11-21)20(22)27-18)12-7-9-13(26-2)10-8-12/h3-10,17H,22H2,1-2H3/t17-/m1/s1. The number of methoxy groups -OCH3 is 1. The first-order chi connectivity index (χ1) is 13.4. The van der Waals surface area contributed by atoms with E-state index in [4.69, 9.17) is 15.2 Å². The van der Waals surface area contributed by atoms with Crippen LogP contribution in [0.3, 0.4) is 0 Å². The number of hydrogen-bond acceptors (Lipinski definition) is 6. The first kappa shape index (κ1) is 17.9. The number of allylic oxidation sites excluding steroid dienone is 2. The molecule has 28 heavy (non-hydrogen) atoms. The molecule has 2 aromatic rings. The Labute approximate surface area is 162 Å². The number of fused-ring (bicyclic) bond motifs is 2. The van der Waals surface area contributed by atoms with Gasteiger partial charge in [0.1, 0.15) is 22.3 Å². The van der Waals surface area contributed by atoms with Gasteiger partial charge in [-0.1, -0.05) is 24.3 Å². The highest BCUT2D eigenvalue weighted by Crippen LogP contribution is 2.50. The lowest BCUT2D eigenvalue weighted by molar-refractivity contribution is 0.357. The number of rotatable bonds is 2. The molecule has 2 aliphatic rings. The zero-order chi connectivity index (χ0) is 20.1. The zero-order valence-electron chi connectivity index (χ0n) is 15.2. The molecule has 0 spiro atoms. The van der Waals surface area contributed by atoms with Crippen LogP contribution in [0.2, 0.25) is 0 Å². The fraction of sp³-hybridized carbons (Fsp3) is 0.150. The summed E-state index contributed by atoms with van der Waals surface area (Å²) in [5.41, 5.74) is 7.78. The van der Waals surface area contributed by atoms with Gasteiger partial charge in [-0.25, -0.2) is 8.42 Å². The number of nitrogens with two attached hydrogens (primary N) is 1. The first-order valence-corrected chi connectivity index (χ1v) is 9.88. The Morgan fingerprint density at radius 1 is 1.18 bits per heavy atom. The molecule has 2 N–H and O–H groups in total. The summed E-state index contributed by atoms with van der Waals surface area (Å²) in [6, 6.07) is 15.9. The van der Waals surface area contributed by atoms with Gasteiger partial charge in [0.25, 0.3) is 10.0 Å². The van der Waals surface area contributed by atoms with Crippen LogP contribution in [0.5, 0.6) is 5.75 Å². The van der Waals surface area contributed by atoms with Gasteiger partial charge in [-0.15, -0.1) is 0 Å². The Bertz CT molecular complexity index is 1170. The molecule has 0 fully saturated rings. The number of nitrogens with zero attached hydrogens (tertiary/aromatic N) is 2. The van der Waals surface area contributed by atoms with Gasteiger partial charge in [-0.3, -0.25) is 4.31 Å². The Kier molecular flexibility index (Phi) is 4.05. The molecule has 1 atom stereocenters. The number of anilines is 1. The van der Waals surface area contributed by atoms with Crippen molar-refractivity contribution in [2.75, 3.05) is 18.5 Å². The number of benzene rings is 2. The van der Waals surface area contributed by atoms with Gasteiger partial charge in [0, 0.05) is 12.6 Å². The molecule has 2 aliphatic heterocycles. The van der Waals surface area contributed by atoms with Crippen molar-refractivity contribution < 1.29 is 17.9 Å². The minimum atomic E-state index is -3.94. The highest BCUT2D eigenvalue weighted by atomic mass is 32.2. The maximum atomic E-state index is 13.4. The first-order valence-electron chi connectivity index (χ1n) is 8.44. The molecule has 142 valence electrons. The summed E-state index contributed by atoms with van der Waals surface area (Å²) in [4.78, 5) is 0.00427. The number of hydrogen-bond donors (Lipinski definition) is 1. The molecule has 0 aliphatic carbocycles. The van der Waals surface area contributed by atoms with Crippen LogP contribution in [0.4, 0.5) is 5.69 Å². The lowest BCUT2D eigenvalue weighted by Gasteiger charge is -2.36. The second kappa shape index (κ2) is 6.32. The van der Waals surface area contributed by atoms with Gasteiger partial charge >= 0.3 is 0 Å². The van der Waals surface area contributed by atoms with Crippen LogP contribution in [-0.4, -0.2) is 22.6 Å². The van der Waals surface area contributed by atoms with Crippen molar-refractivity contribution in [3.05, 3.63) is 76.0 Å². The molecule has 0 radical (unpaired) electrons. The van der Waals surface area contributed by atoms with E-state index in [1.165, 1.54) is 11.4 Å². The fourth-order valence-corrected chi connectivity index (χ4v) is 5.18. The number of ether oxygens (including phenoxy) is 2. The van der Waals surface area contributed by atoms with Crippen LogP contribution >= 0.6 is 0 Å². The predicted molar refractivity (Wildman–Crippen MR) is 104 cm³/mol.